The minimum absolute atomic E-state index is 0.00343. The summed E-state index contributed by atoms with van der Waals surface area (Å²) in [7, 11) is 0. The van der Waals surface area contributed by atoms with Gasteiger partial charge in [-0.2, -0.15) is 5.10 Å². The van der Waals surface area contributed by atoms with Crippen molar-refractivity contribution in [3.05, 3.63) is 17.5 Å². The van der Waals surface area contributed by atoms with Crippen molar-refractivity contribution < 1.29 is 19.1 Å². The van der Waals surface area contributed by atoms with E-state index in [0.717, 1.165) is 31.6 Å². The lowest BCUT2D eigenvalue weighted by Gasteiger charge is -2.32. The smallest absolute Gasteiger partial charge is 0.274 e. The molecule has 3 aliphatic rings. The van der Waals surface area contributed by atoms with Crippen molar-refractivity contribution >= 4 is 11.8 Å². The first-order valence-electron chi connectivity index (χ1n) is 8.56. The van der Waals surface area contributed by atoms with Gasteiger partial charge in [-0.15, -0.1) is 0 Å². The van der Waals surface area contributed by atoms with Gasteiger partial charge in [-0.3, -0.25) is 14.3 Å². The SMILES string of the molecule is O=C(c1cc2n(n1)CCN(C(=O)[C@H]1COCCO1)C2)N1CCCC1. The van der Waals surface area contributed by atoms with Gasteiger partial charge in [0.05, 0.1) is 38.6 Å². The van der Waals surface area contributed by atoms with Crippen LogP contribution in [0.1, 0.15) is 29.0 Å². The topological polar surface area (TPSA) is 76.9 Å². The summed E-state index contributed by atoms with van der Waals surface area (Å²) in [6.45, 7) is 4.56. The number of ether oxygens (including phenoxy) is 2. The van der Waals surface area contributed by atoms with Gasteiger partial charge in [0.25, 0.3) is 11.8 Å². The first kappa shape index (κ1) is 15.6. The molecular formula is C16H22N4O4. The quantitative estimate of drug-likeness (QED) is 0.753. The zero-order valence-corrected chi connectivity index (χ0v) is 13.6. The molecule has 0 aliphatic carbocycles. The number of hydrogen-bond donors (Lipinski definition) is 0. The summed E-state index contributed by atoms with van der Waals surface area (Å²) in [6.07, 6.45) is 1.61. The number of rotatable bonds is 2. The molecule has 1 aromatic rings. The van der Waals surface area contributed by atoms with Crippen molar-refractivity contribution in [1.82, 2.24) is 19.6 Å². The highest BCUT2D eigenvalue weighted by atomic mass is 16.6. The van der Waals surface area contributed by atoms with Crippen LogP contribution < -0.4 is 0 Å². The van der Waals surface area contributed by atoms with Gasteiger partial charge in [-0.1, -0.05) is 0 Å². The first-order chi connectivity index (χ1) is 11.7. The van der Waals surface area contributed by atoms with Gasteiger partial charge in [0.1, 0.15) is 0 Å². The largest absolute Gasteiger partial charge is 0.376 e. The van der Waals surface area contributed by atoms with Crippen molar-refractivity contribution in [2.45, 2.75) is 32.0 Å². The van der Waals surface area contributed by atoms with E-state index in [4.69, 9.17) is 9.47 Å². The molecule has 0 saturated carbocycles. The number of carbonyl (C=O) groups is 2. The summed E-state index contributed by atoms with van der Waals surface area (Å²) in [5, 5.41) is 4.43. The molecule has 8 nitrogen and oxygen atoms in total. The van der Waals surface area contributed by atoms with Crippen molar-refractivity contribution in [1.29, 1.82) is 0 Å². The average Bonchev–Trinajstić information content (AvgIpc) is 3.30. The number of hydrogen-bond acceptors (Lipinski definition) is 5. The van der Waals surface area contributed by atoms with Crippen LogP contribution in [0.2, 0.25) is 0 Å². The standard InChI is InChI=1S/C16H22N4O4/c21-15(18-3-1-2-4-18)13-9-12-10-19(5-6-20(12)17-13)16(22)14-11-23-7-8-24-14/h9,14H,1-8,10-11H2/t14-/m1/s1. The molecule has 1 aromatic heterocycles. The molecule has 2 fully saturated rings. The Hall–Kier alpha value is -1.93. The Labute approximate surface area is 140 Å². The predicted molar refractivity (Wildman–Crippen MR) is 83.3 cm³/mol. The Balaban J connectivity index is 1.45. The number of likely N-dealkylation sites (tertiary alicyclic amines) is 1. The third kappa shape index (κ3) is 2.91. The van der Waals surface area contributed by atoms with E-state index in [0.29, 0.717) is 45.1 Å². The zero-order valence-electron chi connectivity index (χ0n) is 13.6. The van der Waals surface area contributed by atoms with Crippen molar-refractivity contribution in [3.8, 4) is 0 Å². The summed E-state index contributed by atoms with van der Waals surface area (Å²) in [4.78, 5) is 28.6. The van der Waals surface area contributed by atoms with E-state index in [2.05, 4.69) is 5.10 Å². The number of fused-ring (bicyclic) bond motifs is 1. The number of aromatic nitrogens is 2. The monoisotopic (exact) mass is 334 g/mol. The van der Waals surface area contributed by atoms with Crippen LogP contribution in [0.5, 0.6) is 0 Å². The van der Waals surface area contributed by atoms with Crippen LogP contribution in [0.4, 0.5) is 0 Å². The maximum absolute atomic E-state index is 12.5. The highest BCUT2D eigenvalue weighted by Crippen LogP contribution is 2.18. The Morgan fingerprint density at radius 1 is 1.08 bits per heavy atom. The molecule has 2 saturated heterocycles. The molecule has 0 aromatic carbocycles. The van der Waals surface area contributed by atoms with Crippen LogP contribution in [0.15, 0.2) is 6.07 Å². The minimum atomic E-state index is -0.515. The molecule has 2 amide bonds. The molecule has 3 aliphatic heterocycles. The normalized spacial score (nSPS) is 24.1. The summed E-state index contributed by atoms with van der Waals surface area (Å²) in [6, 6.07) is 1.82. The van der Waals surface area contributed by atoms with Crippen molar-refractivity contribution in [2.24, 2.45) is 0 Å². The summed E-state index contributed by atoms with van der Waals surface area (Å²) >= 11 is 0. The molecule has 24 heavy (non-hydrogen) atoms. The molecule has 0 unspecified atom stereocenters. The number of carbonyl (C=O) groups excluding carboxylic acids is 2. The van der Waals surface area contributed by atoms with E-state index < -0.39 is 6.10 Å². The second-order valence-electron chi connectivity index (χ2n) is 6.44. The molecule has 1 atom stereocenters. The summed E-state index contributed by atoms with van der Waals surface area (Å²) in [5.74, 6) is -0.0501. The van der Waals surface area contributed by atoms with E-state index in [-0.39, 0.29) is 11.8 Å². The molecule has 0 N–H and O–H groups in total. The lowest BCUT2D eigenvalue weighted by molar-refractivity contribution is -0.159. The first-order valence-corrected chi connectivity index (χ1v) is 8.56. The second kappa shape index (κ2) is 6.52. The molecular weight excluding hydrogens is 312 g/mol. The van der Waals surface area contributed by atoms with E-state index >= 15 is 0 Å². The van der Waals surface area contributed by atoms with Gasteiger partial charge in [0.2, 0.25) is 0 Å². The van der Waals surface area contributed by atoms with Crippen molar-refractivity contribution in [3.63, 3.8) is 0 Å². The number of amides is 2. The fraction of sp³-hybridized carbons (Fsp3) is 0.688. The highest BCUT2D eigenvalue weighted by Gasteiger charge is 2.31. The maximum Gasteiger partial charge on any atom is 0.274 e. The van der Waals surface area contributed by atoms with E-state index in [1.807, 2.05) is 15.6 Å². The second-order valence-corrected chi connectivity index (χ2v) is 6.44. The van der Waals surface area contributed by atoms with Gasteiger partial charge >= 0.3 is 0 Å². The van der Waals surface area contributed by atoms with Gasteiger partial charge in [-0.25, -0.2) is 0 Å². The van der Waals surface area contributed by atoms with E-state index in [1.165, 1.54) is 0 Å². The Bertz CT molecular complexity index is 632. The fourth-order valence-corrected chi connectivity index (χ4v) is 3.48. The summed E-state index contributed by atoms with van der Waals surface area (Å²) < 4.78 is 12.6. The van der Waals surface area contributed by atoms with Gasteiger partial charge in [0.15, 0.2) is 11.8 Å². The summed E-state index contributed by atoms with van der Waals surface area (Å²) in [5.41, 5.74) is 1.38. The average molecular weight is 334 g/mol. The van der Waals surface area contributed by atoms with E-state index in [1.54, 1.807) is 4.90 Å². The molecule has 4 heterocycles. The number of nitrogens with zero attached hydrogens (tertiary/aromatic N) is 4. The molecule has 4 rings (SSSR count). The maximum atomic E-state index is 12.5. The van der Waals surface area contributed by atoms with Gasteiger partial charge in [-0.05, 0) is 18.9 Å². The Morgan fingerprint density at radius 2 is 1.92 bits per heavy atom. The minimum Gasteiger partial charge on any atom is -0.376 e. The van der Waals surface area contributed by atoms with Crippen LogP contribution in [0.25, 0.3) is 0 Å². The fourth-order valence-electron chi connectivity index (χ4n) is 3.48. The van der Waals surface area contributed by atoms with Crippen LogP contribution in [-0.4, -0.2) is 77.0 Å². The van der Waals surface area contributed by atoms with Crippen LogP contribution >= 0.6 is 0 Å². The van der Waals surface area contributed by atoms with Gasteiger partial charge < -0.3 is 19.3 Å². The van der Waals surface area contributed by atoms with E-state index in [9.17, 15) is 9.59 Å². The molecule has 0 spiro atoms. The molecule has 8 heteroatoms. The molecule has 0 bridgehead atoms. The molecule has 130 valence electrons. The third-order valence-electron chi connectivity index (χ3n) is 4.81. The zero-order chi connectivity index (χ0) is 16.5. The van der Waals surface area contributed by atoms with Crippen LogP contribution in [0, 0.1) is 0 Å². The van der Waals surface area contributed by atoms with Gasteiger partial charge in [0, 0.05) is 19.6 Å². The lowest BCUT2D eigenvalue weighted by Crippen LogP contribution is -2.47. The predicted octanol–water partition coefficient (Wildman–Crippen LogP) is -0.123. The highest BCUT2D eigenvalue weighted by molar-refractivity contribution is 5.92. The van der Waals surface area contributed by atoms with Crippen LogP contribution in [0.3, 0.4) is 0 Å². The Kier molecular flexibility index (Phi) is 4.24. The lowest BCUT2D eigenvalue weighted by atomic mass is 10.2. The molecule has 0 radical (unpaired) electrons. The van der Waals surface area contributed by atoms with Crippen LogP contribution in [-0.2, 0) is 27.4 Å². The Morgan fingerprint density at radius 3 is 2.67 bits per heavy atom. The third-order valence-corrected chi connectivity index (χ3v) is 4.81. The van der Waals surface area contributed by atoms with Crippen molar-refractivity contribution in [2.75, 3.05) is 39.5 Å².